The van der Waals surface area contributed by atoms with Crippen molar-refractivity contribution in [2.24, 2.45) is 0 Å². The maximum absolute atomic E-state index is 10.8. The van der Waals surface area contributed by atoms with Gasteiger partial charge in [0.1, 0.15) is 0 Å². The lowest BCUT2D eigenvalue weighted by Gasteiger charge is -2.20. The van der Waals surface area contributed by atoms with Crippen molar-refractivity contribution in [1.29, 1.82) is 0 Å². The molecule has 2 fully saturated rings. The van der Waals surface area contributed by atoms with Gasteiger partial charge in [-0.25, -0.2) is 4.79 Å². The Morgan fingerprint density at radius 2 is 1.93 bits per heavy atom. The second-order valence-corrected chi connectivity index (χ2v) is 4.11. The Hall–Kier alpha value is -0.380. The second-order valence-electron chi connectivity index (χ2n) is 3.08. The topological polar surface area (TPSA) is 41.1 Å². The maximum atomic E-state index is 10.8. The van der Waals surface area contributed by atoms with Gasteiger partial charge in [-0.2, -0.15) is 11.8 Å². The molecule has 3 nitrogen and oxygen atoms in total. The Bertz CT molecular complexity index is 187. The molecule has 84 valence electrons. The fraction of sp³-hybridized carbons (Fsp3) is 0.900. The molecule has 2 aliphatic rings. The summed E-state index contributed by atoms with van der Waals surface area (Å²) in [4.78, 5) is 10.8. The smallest absolute Gasteiger partial charge is 0.315 e. The van der Waals surface area contributed by atoms with E-state index in [1.54, 1.807) is 0 Å². The Morgan fingerprint density at radius 1 is 1.36 bits per heavy atom. The first-order valence-corrected chi connectivity index (χ1v) is 6.53. The molecular weight excluding hydrogens is 196 g/mol. The van der Waals surface area contributed by atoms with E-state index < -0.39 is 0 Å². The second kappa shape index (κ2) is 6.17. The molecule has 2 atom stereocenters. The third kappa shape index (κ3) is 2.80. The third-order valence-electron chi connectivity index (χ3n) is 2.16. The lowest BCUT2D eigenvalue weighted by molar-refractivity contribution is 0.246. The summed E-state index contributed by atoms with van der Waals surface area (Å²) >= 11 is 1.89. The standard InChI is InChI=1S/C6H10N2OS.2C2H6/c1-6-3-10-2-4(6)7-5(9)8-6;2*1-2/h4H,2-3H2,1H3,(H2,7,8,9);2*1-2H3. The van der Waals surface area contributed by atoms with Crippen LogP contribution in [-0.2, 0) is 0 Å². The average molecular weight is 218 g/mol. The third-order valence-corrected chi connectivity index (χ3v) is 3.53. The van der Waals surface area contributed by atoms with E-state index in [0.29, 0.717) is 6.04 Å². The number of carbonyl (C=O) groups excluding carboxylic acids is 1. The van der Waals surface area contributed by atoms with Crippen LogP contribution >= 0.6 is 11.8 Å². The zero-order valence-corrected chi connectivity index (χ0v) is 10.6. The van der Waals surface area contributed by atoms with Gasteiger partial charge < -0.3 is 10.6 Å². The van der Waals surface area contributed by atoms with Gasteiger partial charge in [0.25, 0.3) is 0 Å². The van der Waals surface area contributed by atoms with Crippen LogP contribution in [0, 0.1) is 0 Å². The van der Waals surface area contributed by atoms with Gasteiger partial charge in [-0.05, 0) is 6.92 Å². The van der Waals surface area contributed by atoms with Crippen LogP contribution in [0.2, 0.25) is 0 Å². The van der Waals surface area contributed by atoms with Gasteiger partial charge >= 0.3 is 6.03 Å². The van der Waals surface area contributed by atoms with Gasteiger partial charge in [0.2, 0.25) is 0 Å². The molecule has 0 aromatic heterocycles. The Balaban J connectivity index is 0.000000379. The van der Waals surface area contributed by atoms with Gasteiger partial charge in [-0.3, -0.25) is 0 Å². The molecule has 2 saturated heterocycles. The van der Waals surface area contributed by atoms with Crippen LogP contribution in [0.15, 0.2) is 0 Å². The summed E-state index contributed by atoms with van der Waals surface area (Å²) in [5, 5.41) is 5.81. The summed E-state index contributed by atoms with van der Waals surface area (Å²) in [5.41, 5.74) is 0.0295. The van der Waals surface area contributed by atoms with E-state index in [4.69, 9.17) is 0 Å². The molecule has 0 saturated carbocycles. The van der Waals surface area contributed by atoms with E-state index >= 15 is 0 Å². The highest BCUT2D eigenvalue weighted by molar-refractivity contribution is 7.99. The lowest BCUT2D eigenvalue weighted by atomic mass is 9.99. The summed E-state index contributed by atoms with van der Waals surface area (Å²) in [6.07, 6.45) is 0. The van der Waals surface area contributed by atoms with Crippen LogP contribution in [-0.4, -0.2) is 29.1 Å². The number of hydrogen-bond acceptors (Lipinski definition) is 2. The Morgan fingerprint density at radius 3 is 2.43 bits per heavy atom. The first-order valence-electron chi connectivity index (χ1n) is 5.37. The number of hydrogen-bond donors (Lipinski definition) is 2. The highest BCUT2D eigenvalue weighted by Crippen LogP contribution is 2.30. The molecule has 14 heavy (non-hydrogen) atoms. The molecule has 0 aromatic carbocycles. The molecule has 0 spiro atoms. The maximum Gasteiger partial charge on any atom is 0.315 e. The zero-order chi connectivity index (χ0) is 11.2. The molecular formula is C10H22N2OS. The van der Waals surface area contributed by atoms with E-state index in [1.165, 1.54) is 0 Å². The predicted molar refractivity (Wildman–Crippen MR) is 63.9 cm³/mol. The number of nitrogens with one attached hydrogen (secondary N) is 2. The predicted octanol–water partition coefficient (Wildman–Crippen LogP) is 2.23. The van der Waals surface area contributed by atoms with Gasteiger partial charge in [0.05, 0.1) is 11.6 Å². The minimum Gasteiger partial charge on any atom is -0.332 e. The van der Waals surface area contributed by atoms with Crippen molar-refractivity contribution in [2.75, 3.05) is 11.5 Å². The van der Waals surface area contributed by atoms with Crippen LogP contribution in [0.5, 0.6) is 0 Å². The van der Waals surface area contributed by atoms with Crippen molar-refractivity contribution in [3.63, 3.8) is 0 Å². The van der Waals surface area contributed by atoms with Crippen molar-refractivity contribution in [3.8, 4) is 0 Å². The quantitative estimate of drug-likeness (QED) is 0.612. The van der Waals surface area contributed by atoms with Crippen LogP contribution < -0.4 is 10.6 Å². The van der Waals surface area contributed by atoms with Gasteiger partial charge in [-0.15, -0.1) is 0 Å². The molecule has 2 aliphatic heterocycles. The zero-order valence-electron chi connectivity index (χ0n) is 9.81. The highest BCUT2D eigenvalue weighted by Gasteiger charge is 2.46. The van der Waals surface area contributed by atoms with E-state index in [9.17, 15) is 4.79 Å². The van der Waals surface area contributed by atoms with Crippen LogP contribution in [0.25, 0.3) is 0 Å². The molecule has 2 heterocycles. The molecule has 2 unspecified atom stereocenters. The van der Waals surface area contributed by atoms with Gasteiger partial charge in [0, 0.05) is 11.5 Å². The number of rotatable bonds is 0. The SMILES string of the molecule is CC.CC.CC12CSCC1NC(=O)N2. The van der Waals surface area contributed by atoms with Gasteiger partial charge in [0.15, 0.2) is 0 Å². The van der Waals surface area contributed by atoms with Crippen LogP contribution in [0.4, 0.5) is 4.79 Å². The van der Waals surface area contributed by atoms with Crippen LogP contribution in [0.3, 0.4) is 0 Å². The molecule has 0 aromatic rings. The highest BCUT2D eigenvalue weighted by atomic mass is 32.2. The van der Waals surface area contributed by atoms with Crippen molar-refractivity contribution in [1.82, 2.24) is 10.6 Å². The monoisotopic (exact) mass is 218 g/mol. The number of fused-ring (bicyclic) bond motifs is 1. The molecule has 2 amide bonds. The number of amides is 2. The molecule has 0 bridgehead atoms. The lowest BCUT2D eigenvalue weighted by Crippen LogP contribution is -2.45. The summed E-state index contributed by atoms with van der Waals surface area (Å²) in [6, 6.07) is 0.345. The minimum atomic E-state index is -0.00667. The molecule has 4 heteroatoms. The van der Waals surface area contributed by atoms with E-state index in [-0.39, 0.29) is 11.6 Å². The normalized spacial score (nSPS) is 32.6. The molecule has 2 N–H and O–H groups in total. The average Bonchev–Trinajstić information content (AvgIpc) is 2.65. The summed E-state index contributed by atoms with van der Waals surface area (Å²) < 4.78 is 0. The largest absolute Gasteiger partial charge is 0.332 e. The minimum absolute atomic E-state index is 0.00667. The molecule has 0 aliphatic carbocycles. The summed E-state index contributed by atoms with van der Waals surface area (Å²) in [7, 11) is 0. The number of urea groups is 1. The van der Waals surface area contributed by atoms with E-state index in [0.717, 1.165) is 11.5 Å². The van der Waals surface area contributed by atoms with Gasteiger partial charge in [-0.1, -0.05) is 27.7 Å². The van der Waals surface area contributed by atoms with E-state index in [2.05, 4.69) is 17.6 Å². The van der Waals surface area contributed by atoms with Crippen molar-refractivity contribution in [3.05, 3.63) is 0 Å². The first kappa shape index (κ1) is 13.6. The first-order chi connectivity index (χ1) is 6.71. The number of carbonyl (C=O) groups is 1. The molecule has 0 radical (unpaired) electrons. The Kier molecular flexibility index (Phi) is 6.00. The van der Waals surface area contributed by atoms with Crippen molar-refractivity contribution < 1.29 is 4.79 Å². The fourth-order valence-corrected chi connectivity index (χ4v) is 2.95. The molecule has 2 rings (SSSR count). The van der Waals surface area contributed by atoms with Crippen molar-refractivity contribution in [2.45, 2.75) is 46.2 Å². The number of thioether (sulfide) groups is 1. The fourth-order valence-electron chi connectivity index (χ4n) is 1.45. The van der Waals surface area contributed by atoms with Crippen LogP contribution in [0.1, 0.15) is 34.6 Å². The Labute approximate surface area is 91.4 Å². The summed E-state index contributed by atoms with van der Waals surface area (Å²) in [6.45, 7) is 10.1. The van der Waals surface area contributed by atoms with E-state index in [1.807, 2.05) is 39.5 Å². The van der Waals surface area contributed by atoms with Crippen molar-refractivity contribution >= 4 is 17.8 Å². The summed E-state index contributed by atoms with van der Waals surface area (Å²) in [5.74, 6) is 2.09.